The minimum absolute atomic E-state index is 0.108. The molecule has 8 nitrogen and oxygen atoms in total. The molecule has 0 fully saturated rings. The van der Waals surface area contributed by atoms with E-state index in [4.69, 9.17) is 11.0 Å². The number of nitrogens with one attached hydrogen (secondary N) is 3. The number of allylic oxidation sites excluding steroid dienone is 2. The van der Waals surface area contributed by atoms with Crippen molar-refractivity contribution in [3.05, 3.63) is 53.1 Å². The van der Waals surface area contributed by atoms with Crippen molar-refractivity contribution in [2.75, 3.05) is 11.9 Å². The summed E-state index contributed by atoms with van der Waals surface area (Å²) in [6, 6.07) is 8.15. The number of hydrogen-bond donors (Lipinski definition) is 4. The summed E-state index contributed by atoms with van der Waals surface area (Å²) in [5.41, 5.74) is 9.43. The highest BCUT2D eigenvalue weighted by Crippen LogP contribution is 2.35. The van der Waals surface area contributed by atoms with Crippen LogP contribution in [0, 0.1) is 11.3 Å². The number of nitrogens with zero attached hydrogens (tertiary/aromatic N) is 2. The Hall–Kier alpha value is -3.44. The second-order valence-electron chi connectivity index (χ2n) is 9.74. The van der Waals surface area contributed by atoms with Crippen LogP contribution < -0.4 is 16.4 Å². The fourth-order valence-corrected chi connectivity index (χ4v) is 4.36. The normalized spacial score (nSPS) is 14.5. The molecule has 1 heterocycles. The Morgan fingerprint density at radius 1 is 1.29 bits per heavy atom. The van der Waals surface area contributed by atoms with Crippen LogP contribution in [0.2, 0.25) is 0 Å². The van der Waals surface area contributed by atoms with E-state index in [0.717, 1.165) is 49.8 Å². The van der Waals surface area contributed by atoms with Crippen molar-refractivity contribution in [1.29, 1.82) is 5.26 Å². The largest absolute Gasteiger partial charge is 0.355 e. The first kappa shape index (κ1) is 26.2. The first-order valence-corrected chi connectivity index (χ1v) is 12.4. The monoisotopic (exact) mass is 476 g/mol. The average molecular weight is 477 g/mol. The molecule has 2 aromatic rings. The van der Waals surface area contributed by atoms with Gasteiger partial charge >= 0.3 is 0 Å². The quantitative estimate of drug-likeness (QED) is 0.397. The van der Waals surface area contributed by atoms with Crippen LogP contribution in [0.5, 0.6) is 0 Å². The van der Waals surface area contributed by atoms with Gasteiger partial charge in [-0.05, 0) is 81.6 Å². The van der Waals surface area contributed by atoms with Crippen LogP contribution in [0.1, 0.15) is 99.1 Å². The lowest BCUT2D eigenvalue weighted by atomic mass is 9.86. The van der Waals surface area contributed by atoms with Crippen molar-refractivity contribution in [1.82, 2.24) is 15.3 Å². The number of amides is 2. The van der Waals surface area contributed by atoms with E-state index in [1.807, 2.05) is 12.1 Å². The zero-order valence-corrected chi connectivity index (χ0v) is 20.9. The van der Waals surface area contributed by atoms with E-state index in [9.17, 15) is 9.59 Å². The number of imidazole rings is 1. The third kappa shape index (κ3) is 7.03. The Kier molecular flexibility index (Phi) is 8.83. The van der Waals surface area contributed by atoms with E-state index in [0.29, 0.717) is 6.54 Å². The summed E-state index contributed by atoms with van der Waals surface area (Å²) >= 11 is 0. The molecule has 186 valence electrons. The fourth-order valence-electron chi connectivity index (χ4n) is 4.36. The van der Waals surface area contributed by atoms with Crippen molar-refractivity contribution in [3.8, 4) is 6.07 Å². The van der Waals surface area contributed by atoms with E-state index in [-0.39, 0.29) is 29.3 Å². The van der Waals surface area contributed by atoms with Crippen molar-refractivity contribution >= 4 is 23.1 Å². The number of aromatic amines is 1. The molecular formula is C27H36N6O2. The molecule has 0 spiro atoms. The molecule has 2 amide bonds. The topological polar surface area (TPSA) is 137 Å². The second-order valence-corrected chi connectivity index (χ2v) is 9.74. The number of rotatable bonds is 10. The Balaban J connectivity index is 1.85. The first-order valence-electron chi connectivity index (χ1n) is 12.4. The summed E-state index contributed by atoms with van der Waals surface area (Å²) < 4.78 is 0. The number of hydrogen-bond acceptors (Lipinski definition) is 5. The van der Waals surface area contributed by atoms with Gasteiger partial charge in [-0.1, -0.05) is 25.5 Å². The number of carbonyl (C=O) groups excluding carboxylic acids is 2. The highest BCUT2D eigenvalue weighted by molar-refractivity contribution is 6.03. The zero-order valence-electron chi connectivity index (χ0n) is 20.9. The van der Waals surface area contributed by atoms with Crippen LogP contribution in [-0.4, -0.2) is 33.9 Å². The highest BCUT2D eigenvalue weighted by Gasteiger charge is 2.22. The molecule has 3 rings (SSSR count). The maximum Gasteiger partial charge on any atom is 0.291 e. The molecule has 0 aliphatic heterocycles. The Morgan fingerprint density at radius 2 is 2.09 bits per heavy atom. The van der Waals surface area contributed by atoms with E-state index in [1.165, 1.54) is 23.8 Å². The smallest absolute Gasteiger partial charge is 0.291 e. The van der Waals surface area contributed by atoms with Gasteiger partial charge < -0.3 is 21.4 Å². The summed E-state index contributed by atoms with van der Waals surface area (Å²) in [5, 5.41) is 14.9. The molecule has 1 atom stereocenters. The van der Waals surface area contributed by atoms with Crippen LogP contribution in [0.15, 0.2) is 30.5 Å². The Morgan fingerprint density at radius 3 is 2.71 bits per heavy atom. The average Bonchev–Trinajstić information content (AvgIpc) is 3.33. The number of carbonyl (C=O) groups is 2. The predicted molar refractivity (Wildman–Crippen MR) is 138 cm³/mol. The van der Waals surface area contributed by atoms with Gasteiger partial charge in [0.05, 0.1) is 11.7 Å². The molecule has 0 saturated heterocycles. The lowest BCUT2D eigenvalue weighted by Gasteiger charge is -2.23. The summed E-state index contributed by atoms with van der Waals surface area (Å²) in [7, 11) is 0. The van der Waals surface area contributed by atoms with Crippen LogP contribution in [0.4, 0.5) is 5.69 Å². The van der Waals surface area contributed by atoms with Gasteiger partial charge in [0, 0.05) is 17.8 Å². The second kappa shape index (κ2) is 11.8. The molecular weight excluding hydrogens is 440 g/mol. The van der Waals surface area contributed by atoms with Gasteiger partial charge in [0.1, 0.15) is 11.8 Å². The Labute approximate surface area is 207 Å². The number of anilines is 1. The van der Waals surface area contributed by atoms with Crippen LogP contribution >= 0.6 is 0 Å². The summed E-state index contributed by atoms with van der Waals surface area (Å²) in [4.78, 5) is 31.7. The minimum atomic E-state index is -0.900. The fraction of sp³-hybridized carbons (Fsp3) is 0.481. The van der Waals surface area contributed by atoms with Crippen molar-refractivity contribution in [3.63, 3.8) is 0 Å². The number of nitriles is 1. The van der Waals surface area contributed by atoms with E-state index >= 15 is 0 Å². The molecule has 0 saturated carbocycles. The highest BCUT2D eigenvalue weighted by atomic mass is 16.2. The molecule has 1 aromatic carbocycles. The van der Waals surface area contributed by atoms with Gasteiger partial charge in [0.25, 0.3) is 5.91 Å². The molecule has 0 radical (unpaired) electrons. The summed E-state index contributed by atoms with van der Waals surface area (Å²) in [6.07, 6.45) is 10.7. The summed E-state index contributed by atoms with van der Waals surface area (Å²) in [6.45, 7) is 6.12. The molecule has 1 aliphatic rings. The standard InChI is InChI=1S/C27H36N6O2/c1-4-8-18(13-14-30-26(35)27(2,3)29)20-11-12-23(22(15-20)19-9-6-5-7-10-19)33-25(34)24-31-17-21(16-28)32-24/h9,11-12,15,17-18H,4-8,10,13-14,29H2,1-3H3,(H,30,35)(H,31,32)(H,33,34). The molecule has 8 heteroatoms. The van der Waals surface area contributed by atoms with Crippen LogP contribution in [0.25, 0.3) is 5.57 Å². The van der Waals surface area contributed by atoms with E-state index in [2.05, 4.69) is 45.7 Å². The van der Waals surface area contributed by atoms with Gasteiger partial charge in [-0.3, -0.25) is 9.59 Å². The lowest BCUT2D eigenvalue weighted by molar-refractivity contribution is -0.125. The van der Waals surface area contributed by atoms with Gasteiger partial charge in [-0.2, -0.15) is 5.26 Å². The SMILES string of the molecule is CCCC(CCNC(=O)C(C)(C)N)c1ccc(NC(=O)c2ncc(C#N)[nH]2)c(C2=CCCCC2)c1. The minimum Gasteiger partial charge on any atom is -0.355 e. The maximum absolute atomic E-state index is 12.8. The number of benzene rings is 1. The van der Waals surface area contributed by atoms with E-state index < -0.39 is 5.54 Å². The molecule has 1 aromatic heterocycles. The molecule has 5 N–H and O–H groups in total. The third-order valence-corrected chi connectivity index (χ3v) is 6.31. The predicted octanol–water partition coefficient (Wildman–Crippen LogP) is 4.62. The van der Waals surface area contributed by atoms with Crippen molar-refractivity contribution in [2.45, 2.75) is 77.2 Å². The third-order valence-electron chi connectivity index (χ3n) is 6.31. The lowest BCUT2D eigenvalue weighted by Crippen LogP contribution is -2.49. The first-order chi connectivity index (χ1) is 16.7. The molecule has 1 unspecified atom stereocenters. The van der Waals surface area contributed by atoms with Gasteiger partial charge in [-0.15, -0.1) is 0 Å². The van der Waals surface area contributed by atoms with E-state index in [1.54, 1.807) is 13.8 Å². The van der Waals surface area contributed by atoms with Gasteiger partial charge in [0.15, 0.2) is 5.82 Å². The molecule has 0 bridgehead atoms. The molecule has 35 heavy (non-hydrogen) atoms. The number of nitrogens with two attached hydrogens (primary N) is 1. The zero-order chi connectivity index (χ0) is 25.4. The molecule has 1 aliphatic carbocycles. The van der Waals surface area contributed by atoms with Gasteiger partial charge in [-0.25, -0.2) is 4.98 Å². The number of aromatic nitrogens is 2. The maximum atomic E-state index is 12.8. The number of H-pyrrole nitrogens is 1. The summed E-state index contributed by atoms with van der Waals surface area (Å²) in [5.74, 6) is -0.153. The van der Waals surface area contributed by atoms with Crippen LogP contribution in [-0.2, 0) is 4.79 Å². The van der Waals surface area contributed by atoms with Crippen molar-refractivity contribution in [2.24, 2.45) is 5.73 Å². The van der Waals surface area contributed by atoms with Crippen molar-refractivity contribution < 1.29 is 9.59 Å². The van der Waals surface area contributed by atoms with Crippen LogP contribution in [0.3, 0.4) is 0 Å². The Bertz CT molecular complexity index is 1120. The van der Waals surface area contributed by atoms with Gasteiger partial charge in [0.2, 0.25) is 5.91 Å².